The number of halogens is 1. The van der Waals surface area contributed by atoms with Crippen LogP contribution in [-0.2, 0) is 0 Å². The van der Waals surface area contributed by atoms with Crippen molar-refractivity contribution in [2.24, 2.45) is 5.92 Å². The maximum Gasteiger partial charge on any atom is 0.267 e. The zero-order chi connectivity index (χ0) is 16.7. The number of aromatic amines is 1. The minimum absolute atomic E-state index is 0.0611. The molecule has 126 valence electrons. The van der Waals surface area contributed by atoms with E-state index in [-0.39, 0.29) is 17.8 Å². The maximum absolute atomic E-state index is 13.0. The lowest BCUT2D eigenvalue weighted by molar-refractivity contribution is 0.0216. The molecule has 5 heteroatoms. The van der Waals surface area contributed by atoms with E-state index in [0.29, 0.717) is 17.7 Å². The highest BCUT2D eigenvalue weighted by Crippen LogP contribution is 2.32. The highest BCUT2D eigenvalue weighted by atomic mass is 19.1. The number of fused-ring (bicyclic) bond motifs is 3. The molecule has 2 atom stereocenters. The molecule has 2 aromatic rings. The van der Waals surface area contributed by atoms with E-state index in [2.05, 4.69) is 22.1 Å². The van der Waals surface area contributed by atoms with Gasteiger partial charge in [0.05, 0.1) is 0 Å². The van der Waals surface area contributed by atoms with Crippen molar-refractivity contribution >= 4 is 5.91 Å². The summed E-state index contributed by atoms with van der Waals surface area (Å²) in [4.78, 5) is 18.2. The summed E-state index contributed by atoms with van der Waals surface area (Å²) in [6, 6.07) is 10.5. The van der Waals surface area contributed by atoms with Gasteiger partial charge in [-0.15, -0.1) is 0 Å². The van der Waals surface area contributed by atoms with Gasteiger partial charge >= 0.3 is 0 Å². The summed E-state index contributed by atoms with van der Waals surface area (Å²) in [5, 5.41) is 3.22. The normalized spacial score (nSPS) is 28.8. The van der Waals surface area contributed by atoms with Gasteiger partial charge in [-0.25, -0.2) is 4.39 Å². The molecule has 1 amide bonds. The van der Waals surface area contributed by atoms with E-state index >= 15 is 0 Å². The van der Waals surface area contributed by atoms with Crippen molar-refractivity contribution in [3.8, 4) is 11.3 Å². The first-order valence-corrected chi connectivity index (χ1v) is 8.62. The summed E-state index contributed by atoms with van der Waals surface area (Å²) >= 11 is 0. The lowest BCUT2D eigenvalue weighted by Gasteiger charge is -2.49. The van der Waals surface area contributed by atoms with Gasteiger partial charge < -0.3 is 10.3 Å². The molecule has 1 aromatic carbocycles. The van der Waals surface area contributed by atoms with Crippen LogP contribution in [0.3, 0.4) is 0 Å². The number of carbonyl (C=O) groups excluding carboxylic acids is 1. The summed E-state index contributed by atoms with van der Waals surface area (Å²) in [6.45, 7) is 4.50. The number of rotatable bonds is 3. The van der Waals surface area contributed by atoms with E-state index < -0.39 is 0 Å². The Balaban J connectivity index is 1.48. The Morgan fingerprint density at radius 1 is 1.17 bits per heavy atom. The van der Waals surface area contributed by atoms with E-state index in [0.717, 1.165) is 24.3 Å². The third-order valence-corrected chi connectivity index (χ3v) is 5.56. The summed E-state index contributed by atoms with van der Waals surface area (Å²) in [7, 11) is 0. The van der Waals surface area contributed by atoms with Crippen LogP contribution in [0.5, 0.6) is 0 Å². The van der Waals surface area contributed by atoms with Crippen molar-refractivity contribution in [1.82, 2.24) is 15.2 Å². The van der Waals surface area contributed by atoms with E-state index in [1.165, 1.54) is 25.0 Å². The predicted octanol–water partition coefficient (Wildman–Crippen LogP) is 3.03. The molecule has 4 nitrogen and oxygen atoms in total. The summed E-state index contributed by atoms with van der Waals surface area (Å²) in [6.07, 6.45) is 2.34. The molecular weight excluding hydrogens is 305 g/mol. The number of carbonyl (C=O) groups is 1. The largest absolute Gasteiger partial charge is 0.351 e. The number of H-pyrrole nitrogens is 1. The molecule has 3 fully saturated rings. The minimum atomic E-state index is -0.264. The Bertz CT molecular complexity index is 729. The molecule has 0 radical (unpaired) electrons. The number of hydrogen-bond donors (Lipinski definition) is 2. The lowest BCUT2D eigenvalue weighted by atomic mass is 9.79. The Kier molecular flexibility index (Phi) is 3.88. The van der Waals surface area contributed by atoms with E-state index in [1.54, 1.807) is 18.2 Å². The first kappa shape index (κ1) is 15.4. The van der Waals surface area contributed by atoms with Gasteiger partial charge in [0, 0.05) is 17.8 Å². The lowest BCUT2D eigenvalue weighted by Crippen LogP contribution is -2.62. The molecule has 4 heterocycles. The zero-order valence-electron chi connectivity index (χ0n) is 13.8. The van der Waals surface area contributed by atoms with Crippen molar-refractivity contribution < 1.29 is 9.18 Å². The van der Waals surface area contributed by atoms with Crippen LogP contribution < -0.4 is 5.32 Å². The fraction of sp³-hybridized carbons (Fsp3) is 0.421. The number of amides is 1. The predicted molar refractivity (Wildman–Crippen MR) is 91.2 cm³/mol. The maximum atomic E-state index is 13.0. The minimum Gasteiger partial charge on any atom is -0.351 e. The van der Waals surface area contributed by atoms with Crippen LogP contribution in [0, 0.1) is 11.7 Å². The van der Waals surface area contributed by atoms with Gasteiger partial charge in [-0.05, 0) is 80.7 Å². The molecule has 24 heavy (non-hydrogen) atoms. The fourth-order valence-electron chi connectivity index (χ4n) is 4.10. The first-order valence-electron chi connectivity index (χ1n) is 8.62. The Morgan fingerprint density at radius 3 is 2.54 bits per heavy atom. The molecule has 2 bridgehead atoms. The molecular formula is C19H22FN3O. The van der Waals surface area contributed by atoms with Gasteiger partial charge in [-0.1, -0.05) is 0 Å². The smallest absolute Gasteiger partial charge is 0.267 e. The van der Waals surface area contributed by atoms with Gasteiger partial charge in [0.1, 0.15) is 11.5 Å². The van der Waals surface area contributed by atoms with Crippen LogP contribution in [0.15, 0.2) is 36.4 Å². The Morgan fingerprint density at radius 2 is 1.88 bits per heavy atom. The average Bonchev–Trinajstić information content (AvgIpc) is 3.09. The second-order valence-corrected chi connectivity index (χ2v) is 6.91. The number of hydrogen-bond acceptors (Lipinski definition) is 2. The molecule has 0 saturated carbocycles. The van der Waals surface area contributed by atoms with Crippen LogP contribution in [0.1, 0.15) is 30.3 Å². The van der Waals surface area contributed by atoms with Crippen molar-refractivity contribution in [1.29, 1.82) is 0 Å². The number of aromatic nitrogens is 1. The highest BCUT2D eigenvalue weighted by Gasteiger charge is 2.40. The third-order valence-electron chi connectivity index (χ3n) is 5.56. The fourth-order valence-corrected chi connectivity index (χ4v) is 4.10. The van der Waals surface area contributed by atoms with Gasteiger partial charge in [0.2, 0.25) is 0 Å². The number of piperidine rings is 3. The second kappa shape index (κ2) is 6.06. The van der Waals surface area contributed by atoms with Crippen LogP contribution in [0.4, 0.5) is 4.39 Å². The molecule has 2 N–H and O–H groups in total. The number of nitrogens with zero attached hydrogens (tertiary/aromatic N) is 1. The van der Waals surface area contributed by atoms with E-state index in [9.17, 15) is 9.18 Å². The van der Waals surface area contributed by atoms with Crippen LogP contribution in [0.25, 0.3) is 11.3 Å². The van der Waals surface area contributed by atoms with Gasteiger partial charge in [0.15, 0.2) is 0 Å². The van der Waals surface area contributed by atoms with Crippen LogP contribution >= 0.6 is 0 Å². The van der Waals surface area contributed by atoms with Crippen LogP contribution in [0.2, 0.25) is 0 Å². The quantitative estimate of drug-likeness (QED) is 0.910. The molecule has 0 unspecified atom stereocenters. The van der Waals surface area contributed by atoms with Crippen molar-refractivity contribution in [2.75, 3.05) is 13.1 Å². The Labute approximate surface area is 141 Å². The van der Waals surface area contributed by atoms with Gasteiger partial charge in [0.25, 0.3) is 5.91 Å². The molecule has 3 saturated heterocycles. The summed E-state index contributed by atoms with van der Waals surface area (Å²) in [5.74, 6) is 0.258. The molecule has 1 aromatic heterocycles. The monoisotopic (exact) mass is 327 g/mol. The topological polar surface area (TPSA) is 48.1 Å². The van der Waals surface area contributed by atoms with Crippen LogP contribution in [-0.4, -0.2) is 41.0 Å². The molecule has 3 aliphatic rings. The van der Waals surface area contributed by atoms with Crippen molar-refractivity contribution in [3.63, 3.8) is 0 Å². The van der Waals surface area contributed by atoms with Gasteiger partial charge in [-0.2, -0.15) is 0 Å². The zero-order valence-corrected chi connectivity index (χ0v) is 13.8. The highest BCUT2D eigenvalue weighted by molar-refractivity contribution is 5.93. The summed E-state index contributed by atoms with van der Waals surface area (Å²) < 4.78 is 13.0. The van der Waals surface area contributed by atoms with Crippen molar-refractivity contribution in [2.45, 2.75) is 31.8 Å². The van der Waals surface area contributed by atoms with E-state index in [1.807, 2.05) is 6.07 Å². The Hall–Kier alpha value is -2.14. The van der Waals surface area contributed by atoms with Gasteiger partial charge in [-0.3, -0.25) is 9.69 Å². The molecule has 5 rings (SSSR count). The second-order valence-electron chi connectivity index (χ2n) is 6.91. The molecule has 0 aliphatic carbocycles. The first-order chi connectivity index (χ1) is 11.6. The summed E-state index contributed by atoms with van der Waals surface area (Å²) in [5.41, 5.74) is 2.24. The van der Waals surface area contributed by atoms with E-state index in [4.69, 9.17) is 0 Å². The molecule has 0 spiro atoms. The standard InChI is InChI=1S/C19H22FN3O/c1-12-18(14-8-10-23(12)11-9-14)22-19(24)17-7-6-16(21-17)13-2-4-15(20)5-3-13/h2-7,12,14,18,21H,8-11H2,1H3,(H,22,24)/t12-,18-/m0/s1. The average molecular weight is 327 g/mol. The molecule has 3 aliphatic heterocycles. The number of nitrogens with one attached hydrogen (secondary N) is 2. The number of benzene rings is 1. The SMILES string of the molecule is C[C@H]1[C@H](NC(=O)c2ccc(-c3ccc(F)cc3)[nH]2)C2CCN1CC2. The van der Waals surface area contributed by atoms with Crippen molar-refractivity contribution in [3.05, 3.63) is 47.9 Å². The third kappa shape index (κ3) is 2.73.